The van der Waals surface area contributed by atoms with Gasteiger partial charge in [-0.1, -0.05) is 30.3 Å². The van der Waals surface area contributed by atoms with Crippen LogP contribution in [0.25, 0.3) is 0 Å². The maximum atomic E-state index is 12.8. The van der Waals surface area contributed by atoms with Gasteiger partial charge in [-0.05, 0) is 57.9 Å². The minimum absolute atomic E-state index is 0.176. The Balaban J connectivity index is 1.67. The number of fused-ring (bicyclic) bond motifs is 2. The molecule has 0 aromatic heterocycles. The molecule has 3 atom stereocenters. The number of benzene rings is 1. The van der Waals surface area contributed by atoms with Crippen molar-refractivity contribution in [3.05, 3.63) is 35.9 Å². The van der Waals surface area contributed by atoms with Gasteiger partial charge in [-0.2, -0.15) is 0 Å². The maximum Gasteiger partial charge on any atom is 0.411 e. The van der Waals surface area contributed by atoms with Crippen molar-refractivity contribution in [1.82, 2.24) is 4.90 Å². The van der Waals surface area contributed by atoms with Gasteiger partial charge in [0.25, 0.3) is 0 Å². The van der Waals surface area contributed by atoms with Crippen LogP contribution < -0.4 is 0 Å². The molecule has 130 valence electrons. The largest absolute Gasteiger partial charge is 0.444 e. The van der Waals surface area contributed by atoms with Gasteiger partial charge >= 0.3 is 6.09 Å². The van der Waals surface area contributed by atoms with E-state index in [9.17, 15) is 9.59 Å². The highest BCUT2D eigenvalue weighted by Crippen LogP contribution is 2.43. The minimum Gasteiger partial charge on any atom is -0.444 e. The van der Waals surface area contributed by atoms with Crippen molar-refractivity contribution in [2.24, 2.45) is 5.92 Å². The average molecular weight is 329 g/mol. The van der Waals surface area contributed by atoms with Gasteiger partial charge in [-0.15, -0.1) is 0 Å². The molecule has 0 N–H and O–H groups in total. The summed E-state index contributed by atoms with van der Waals surface area (Å²) in [6.07, 6.45) is 3.87. The molecule has 4 heteroatoms. The quantitative estimate of drug-likeness (QED) is 0.839. The summed E-state index contributed by atoms with van der Waals surface area (Å²) in [5.41, 5.74) is 0.633. The van der Waals surface area contributed by atoms with Gasteiger partial charge in [-0.25, -0.2) is 4.79 Å². The molecule has 1 aliphatic heterocycles. The Labute approximate surface area is 144 Å². The number of carbonyl (C=O) groups is 2. The Morgan fingerprint density at radius 2 is 1.88 bits per heavy atom. The van der Waals surface area contributed by atoms with E-state index in [-0.39, 0.29) is 24.0 Å². The fourth-order valence-corrected chi connectivity index (χ4v) is 4.04. The van der Waals surface area contributed by atoms with E-state index in [0.29, 0.717) is 12.3 Å². The first-order valence-electron chi connectivity index (χ1n) is 8.93. The second-order valence-electron chi connectivity index (χ2n) is 8.01. The second kappa shape index (κ2) is 6.58. The van der Waals surface area contributed by atoms with E-state index in [2.05, 4.69) is 0 Å². The summed E-state index contributed by atoms with van der Waals surface area (Å²) in [6, 6.07) is 9.93. The maximum absolute atomic E-state index is 12.8. The Hall–Kier alpha value is -1.84. The van der Waals surface area contributed by atoms with E-state index in [1.165, 1.54) is 0 Å². The number of piperidine rings is 1. The van der Waals surface area contributed by atoms with Gasteiger partial charge in [0.2, 0.25) is 0 Å². The van der Waals surface area contributed by atoms with Crippen molar-refractivity contribution in [2.75, 3.05) is 0 Å². The molecule has 1 unspecified atom stereocenters. The standard InChI is InChI=1S/C20H27NO3/c1-20(2,3)24-19(23)21-16-11-10-15(13-16)18(21)17(22)12-9-14-7-5-4-6-8-14/h4-8,15-16,18H,9-13H2,1-3H3/t15-,16+,18?/m1/s1. The van der Waals surface area contributed by atoms with Crippen LogP contribution in [0.3, 0.4) is 0 Å². The van der Waals surface area contributed by atoms with Crippen molar-refractivity contribution in [3.63, 3.8) is 0 Å². The van der Waals surface area contributed by atoms with Crippen LogP contribution in [0.15, 0.2) is 30.3 Å². The molecule has 1 aromatic rings. The predicted molar refractivity (Wildman–Crippen MR) is 92.8 cm³/mol. The number of amides is 1. The Morgan fingerprint density at radius 1 is 1.17 bits per heavy atom. The lowest BCUT2D eigenvalue weighted by Crippen LogP contribution is -2.50. The van der Waals surface area contributed by atoms with E-state index in [0.717, 1.165) is 31.2 Å². The van der Waals surface area contributed by atoms with Crippen LogP contribution in [0.1, 0.15) is 52.0 Å². The summed E-state index contributed by atoms with van der Waals surface area (Å²) < 4.78 is 5.55. The lowest BCUT2D eigenvalue weighted by atomic mass is 9.92. The first kappa shape index (κ1) is 17.0. The fraction of sp³-hybridized carbons (Fsp3) is 0.600. The third-order valence-electron chi connectivity index (χ3n) is 5.02. The smallest absolute Gasteiger partial charge is 0.411 e. The molecule has 1 amide bonds. The van der Waals surface area contributed by atoms with Crippen molar-refractivity contribution in [1.29, 1.82) is 0 Å². The van der Waals surface area contributed by atoms with Gasteiger partial charge in [0, 0.05) is 12.5 Å². The molecule has 1 heterocycles. The molecule has 24 heavy (non-hydrogen) atoms. The van der Waals surface area contributed by atoms with Crippen molar-refractivity contribution in [2.45, 2.75) is 70.6 Å². The Bertz CT molecular complexity index is 605. The summed E-state index contributed by atoms with van der Waals surface area (Å²) in [6.45, 7) is 5.60. The second-order valence-corrected chi connectivity index (χ2v) is 8.01. The summed E-state index contributed by atoms with van der Waals surface area (Å²) in [5.74, 6) is 0.489. The molecular formula is C20H27NO3. The van der Waals surface area contributed by atoms with Crippen LogP contribution in [-0.2, 0) is 16.0 Å². The monoisotopic (exact) mass is 329 g/mol. The van der Waals surface area contributed by atoms with Crippen molar-refractivity contribution in [3.8, 4) is 0 Å². The third kappa shape index (κ3) is 3.63. The molecule has 4 nitrogen and oxygen atoms in total. The summed E-state index contributed by atoms with van der Waals surface area (Å²) in [5, 5.41) is 0. The minimum atomic E-state index is -0.531. The number of nitrogens with zero attached hydrogens (tertiary/aromatic N) is 1. The number of ketones is 1. The molecule has 1 saturated heterocycles. The van der Waals surface area contributed by atoms with Crippen LogP contribution in [0.2, 0.25) is 0 Å². The normalized spacial score (nSPS) is 25.8. The topological polar surface area (TPSA) is 46.6 Å². The zero-order chi connectivity index (χ0) is 17.3. The molecule has 2 bridgehead atoms. The number of Topliss-reactive ketones (excluding diaryl/α,β-unsaturated/α-hetero) is 1. The lowest BCUT2D eigenvalue weighted by Gasteiger charge is -2.35. The third-order valence-corrected chi connectivity index (χ3v) is 5.02. The predicted octanol–water partition coefficient (Wildman–Crippen LogP) is 3.98. The van der Waals surface area contributed by atoms with Gasteiger partial charge in [0.05, 0.1) is 6.04 Å². The number of hydrogen-bond donors (Lipinski definition) is 0. The molecule has 3 rings (SSSR count). The first-order chi connectivity index (χ1) is 11.3. The van der Waals surface area contributed by atoms with Crippen LogP contribution in [0.5, 0.6) is 0 Å². The fourth-order valence-electron chi connectivity index (χ4n) is 4.04. The number of aryl methyl sites for hydroxylation is 1. The van der Waals surface area contributed by atoms with Crippen LogP contribution in [0, 0.1) is 5.92 Å². The zero-order valence-corrected chi connectivity index (χ0v) is 14.8. The SMILES string of the molecule is CC(C)(C)OC(=O)N1C(C(=O)CCc2ccccc2)[C@@H]2CC[C@H]1C2. The molecule has 1 aromatic carbocycles. The summed E-state index contributed by atoms with van der Waals surface area (Å²) in [7, 11) is 0. The van der Waals surface area contributed by atoms with Gasteiger partial charge in [0.1, 0.15) is 5.60 Å². The highest BCUT2D eigenvalue weighted by atomic mass is 16.6. The van der Waals surface area contributed by atoms with Crippen LogP contribution in [-0.4, -0.2) is 34.5 Å². The molecule has 2 fully saturated rings. The Morgan fingerprint density at radius 3 is 2.54 bits per heavy atom. The molecule has 1 saturated carbocycles. The molecule has 1 aliphatic carbocycles. The number of likely N-dealkylation sites (tertiary alicyclic amines) is 1. The highest BCUT2D eigenvalue weighted by molar-refractivity contribution is 5.89. The molecular weight excluding hydrogens is 302 g/mol. The number of rotatable bonds is 4. The van der Waals surface area contributed by atoms with Crippen molar-refractivity contribution >= 4 is 11.9 Å². The summed E-state index contributed by atoms with van der Waals surface area (Å²) in [4.78, 5) is 27.2. The van der Waals surface area contributed by atoms with Crippen molar-refractivity contribution < 1.29 is 14.3 Å². The number of carbonyl (C=O) groups excluding carboxylic acids is 2. The Kier molecular flexibility index (Phi) is 4.66. The van der Waals surface area contributed by atoms with Gasteiger partial charge < -0.3 is 4.74 Å². The molecule has 0 spiro atoms. The molecule has 2 aliphatic rings. The van der Waals surface area contributed by atoms with E-state index in [4.69, 9.17) is 4.74 Å². The number of hydrogen-bond acceptors (Lipinski definition) is 3. The van der Waals surface area contributed by atoms with E-state index >= 15 is 0 Å². The zero-order valence-electron chi connectivity index (χ0n) is 14.8. The van der Waals surface area contributed by atoms with Crippen LogP contribution in [0.4, 0.5) is 4.79 Å². The van der Waals surface area contributed by atoms with Gasteiger partial charge in [-0.3, -0.25) is 9.69 Å². The van der Waals surface area contributed by atoms with E-state index < -0.39 is 5.60 Å². The molecule has 0 radical (unpaired) electrons. The van der Waals surface area contributed by atoms with E-state index in [1.807, 2.05) is 51.1 Å². The van der Waals surface area contributed by atoms with Gasteiger partial charge in [0.15, 0.2) is 5.78 Å². The van der Waals surface area contributed by atoms with Crippen LogP contribution >= 0.6 is 0 Å². The van der Waals surface area contributed by atoms with E-state index in [1.54, 1.807) is 4.90 Å². The number of ether oxygens (including phenoxy) is 1. The average Bonchev–Trinajstić information content (AvgIpc) is 3.13. The first-order valence-corrected chi connectivity index (χ1v) is 8.93. The highest BCUT2D eigenvalue weighted by Gasteiger charge is 2.51. The summed E-state index contributed by atoms with van der Waals surface area (Å²) >= 11 is 0. The lowest BCUT2D eigenvalue weighted by molar-refractivity contribution is -0.125.